The highest BCUT2D eigenvalue weighted by Gasteiger charge is 2.15. The molecule has 3 aromatic rings. The van der Waals surface area contributed by atoms with Gasteiger partial charge in [-0.1, -0.05) is 24.3 Å². The van der Waals surface area contributed by atoms with Gasteiger partial charge < -0.3 is 20.3 Å². The number of para-hydroxylation sites is 2. The molecule has 1 saturated heterocycles. The van der Waals surface area contributed by atoms with Crippen molar-refractivity contribution in [2.24, 2.45) is 0 Å². The summed E-state index contributed by atoms with van der Waals surface area (Å²) in [4.78, 5) is 11.3. The summed E-state index contributed by atoms with van der Waals surface area (Å²) in [5, 5.41) is 6.78. The number of nitrogens with zero attached hydrogens (tertiary/aromatic N) is 3. The Morgan fingerprint density at radius 1 is 0.893 bits per heavy atom. The minimum atomic E-state index is 0.572. The third kappa shape index (κ3) is 4.07. The highest BCUT2D eigenvalue weighted by Crippen LogP contribution is 2.29. The van der Waals surface area contributed by atoms with Crippen LogP contribution in [0.5, 0.6) is 0 Å². The molecule has 4 rings (SSSR count). The zero-order valence-electron chi connectivity index (χ0n) is 16.3. The van der Waals surface area contributed by atoms with Crippen LogP contribution in [-0.4, -0.2) is 36.3 Å². The fourth-order valence-electron chi connectivity index (χ4n) is 3.29. The number of aromatic nitrogens is 2. The first-order chi connectivity index (χ1) is 13.7. The van der Waals surface area contributed by atoms with Gasteiger partial charge in [0.25, 0.3) is 0 Å². The number of ether oxygens (including phenoxy) is 1. The van der Waals surface area contributed by atoms with Crippen LogP contribution in [0.2, 0.25) is 0 Å². The lowest BCUT2D eigenvalue weighted by atomic mass is 10.1. The fraction of sp³-hybridized carbons (Fsp3) is 0.273. The van der Waals surface area contributed by atoms with Crippen LogP contribution in [0.1, 0.15) is 11.1 Å². The number of hydrogen-bond acceptors (Lipinski definition) is 6. The first kappa shape index (κ1) is 18.3. The Bertz CT molecular complexity index is 953. The summed E-state index contributed by atoms with van der Waals surface area (Å²) in [7, 11) is 0. The third-order valence-corrected chi connectivity index (χ3v) is 5.03. The Labute approximate surface area is 165 Å². The summed E-state index contributed by atoms with van der Waals surface area (Å²) in [5.41, 5.74) is 5.64. The highest BCUT2D eigenvalue weighted by molar-refractivity contribution is 5.74. The summed E-state index contributed by atoms with van der Waals surface area (Å²) < 4.78 is 5.48. The zero-order valence-corrected chi connectivity index (χ0v) is 16.3. The molecule has 0 spiro atoms. The number of rotatable bonds is 5. The van der Waals surface area contributed by atoms with Crippen LogP contribution in [0, 0.1) is 13.8 Å². The van der Waals surface area contributed by atoms with Crippen LogP contribution in [0.25, 0.3) is 0 Å². The molecule has 0 atom stereocenters. The number of hydrogen-bond donors (Lipinski definition) is 2. The van der Waals surface area contributed by atoms with Gasteiger partial charge in [-0.3, -0.25) is 0 Å². The Hall–Kier alpha value is -3.12. The molecular weight excluding hydrogens is 350 g/mol. The second-order valence-corrected chi connectivity index (χ2v) is 6.88. The molecule has 144 valence electrons. The van der Waals surface area contributed by atoms with Crippen molar-refractivity contribution in [3.63, 3.8) is 0 Å². The smallest absolute Gasteiger partial charge is 0.229 e. The lowest BCUT2D eigenvalue weighted by molar-refractivity contribution is 0.123. The molecular formula is C22H25N5O. The molecule has 2 aromatic carbocycles. The quantitative estimate of drug-likeness (QED) is 0.688. The van der Waals surface area contributed by atoms with Gasteiger partial charge in [0.15, 0.2) is 0 Å². The van der Waals surface area contributed by atoms with Crippen LogP contribution in [0.3, 0.4) is 0 Å². The molecule has 0 bridgehead atoms. The zero-order chi connectivity index (χ0) is 19.3. The predicted octanol–water partition coefficient (Wildman–Crippen LogP) is 4.42. The minimum absolute atomic E-state index is 0.572. The molecule has 6 heteroatoms. The average Bonchev–Trinajstić information content (AvgIpc) is 2.73. The molecule has 1 fully saturated rings. The van der Waals surface area contributed by atoms with E-state index >= 15 is 0 Å². The van der Waals surface area contributed by atoms with Gasteiger partial charge in [-0.2, -0.15) is 4.98 Å². The van der Waals surface area contributed by atoms with Crippen LogP contribution < -0.4 is 15.5 Å². The normalized spacial score (nSPS) is 14.0. The second-order valence-electron chi connectivity index (χ2n) is 6.88. The fourth-order valence-corrected chi connectivity index (χ4v) is 3.29. The molecule has 2 N–H and O–H groups in total. The number of aryl methyl sites for hydroxylation is 1. The molecule has 2 heterocycles. The van der Waals surface area contributed by atoms with E-state index in [2.05, 4.69) is 63.6 Å². The molecule has 0 saturated carbocycles. The van der Waals surface area contributed by atoms with Crippen molar-refractivity contribution in [2.75, 3.05) is 41.8 Å². The topological polar surface area (TPSA) is 62.3 Å². The summed E-state index contributed by atoms with van der Waals surface area (Å²) in [6.07, 6.45) is 1.76. The minimum Gasteiger partial charge on any atom is -0.378 e. The summed E-state index contributed by atoms with van der Waals surface area (Å²) in [6, 6.07) is 16.3. The van der Waals surface area contributed by atoms with Gasteiger partial charge in [0.2, 0.25) is 5.95 Å². The van der Waals surface area contributed by atoms with Gasteiger partial charge in [-0.25, -0.2) is 4.98 Å². The molecule has 6 nitrogen and oxygen atoms in total. The first-order valence-corrected chi connectivity index (χ1v) is 9.56. The average molecular weight is 375 g/mol. The van der Waals surface area contributed by atoms with Crippen LogP contribution >= 0.6 is 0 Å². The third-order valence-electron chi connectivity index (χ3n) is 5.03. The van der Waals surface area contributed by atoms with Crippen molar-refractivity contribution in [3.8, 4) is 0 Å². The van der Waals surface area contributed by atoms with Crippen LogP contribution in [0.15, 0.2) is 54.7 Å². The Morgan fingerprint density at radius 3 is 2.54 bits per heavy atom. The van der Waals surface area contributed by atoms with Crippen molar-refractivity contribution in [1.29, 1.82) is 0 Å². The molecule has 0 amide bonds. The van der Waals surface area contributed by atoms with Gasteiger partial charge in [0, 0.05) is 25.0 Å². The van der Waals surface area contributed by atoms with E-state index < -0.39 is 0 Å². The van der Waals surface area contributed by atoms with E-state index in [0.717, 1.165) is 49.2 Å². The molecule has 28 heavy (non-hydrogen) atoms. The summed E-state index contributed by atoms with van der Waals surface area (Å²) in [5.74, 6) is 1.33. The van der Waals surface area contributed by atoms with Crippen molar-refractivity contribution in [1.82, 2.24) is 9.97 Å². The maximum Gasteiger partial charge on any atom is 0.229 e. The summed E-state index contributed by atoms with van der Waals surface area (Å²) >= 11 is 0. The number of morpholine rings is 1. The number of benzene rings is 2. The monoisotopic (exact) mass is 375 g/mol. The van der Waals surface area contributed by atoms with Crippen LogP contribution in [-0.2, 0) is 4.74 Å². The Balaban J connectivity index is 1.55. The van der Waals surface area contributed by atoms with E-state index in [9.17, 15) is 0 Å². The van der Waals surface area contributed by atoms with Gasteiger partial charge in [-0.15, -0.1) is 0 Å². The highest BCUT2D eigenvalue weighted by atomic mass is 16.5. The van der Waals surface area contributed by atoms with Crippen molar-refractivity contribution in [3.05, 3.63) is 65.9 Å². The van der Waals surface area contributed by atoms with Gasteiger partial charge >= 0.3 is 0 Å². The first-order valence-electron chi connectivity index (χ1n) is 9.56. The lowest BCUT2D eigenvalue weighted by Crippen LogP contribution is -2.36. The number of anilines is 5. The molecule has 1 aliphatic heterocycles. The largest absolute Gasteiger partial charge is 0.378 e. The van der Waals surface area contributed by atoms with E-state index in [4.69, 9.17) is 4.74 Å². The molecule has 0 radical (unpaired) electrons. The molecule has 0 aliphatic carbocycles. The van der Waals surface area contributed by atoms with E-state index in [0.29, 0.717) is 5.95 Å². The lowest BCUT2D eigenvalue weighted by Gasteiger charge is -2.30. The van der Waals surface area contributed by atoms with Gasteiger partial charge in [0.1, 0.15) is 5.82 Å². The second kappa shape index (κ2) is 8.27. The predicted molar refractivity (Wildman–Crippen MR) is 114 cm³/mol. The Kier molecular flexibility index (Phi) is 5.39. The number of nitrogens with one attached hydrogen (secondary N) is 2. The van der Waals surface area contributed by atoms with Crippen LogP contribution in [0.4, 0.5) is 28.8 Å². The SMILES string of the molecule is Cc1cccc(Nc2nccc(Nc3ccccc3N3CCOCC3)n2)c1C. The van der Waals surface area contributed by atoms with E-state index in [-0.39, 0.29) is 0 Å². The van der Waals surface area contributed by atoms with E-state index in [1.165, 1.54) is 11.1 Å². The molecule has 0 unspecified atom stereocenters. The molecule has 1 aromatic heterocycles. The van der Waals surface area contributed by atoms with E-state index in [1.807, 2.05) is 24.3 Å². The molecule has 1 aliphatic rings. The van der Waals surface area contributed by atoms with Gasteiger partial charge in [-0.05, 0) is 49.2 Å². The van der Waals surface area contributed by atoms with Crippen molar-refractivity contribution in [2.45, 2.75) is 13.8 Å². The maximum atomic E-state index is 5.48. The Morgan fingerprint density at radius 2 is 1.68 bits per heavy atom. The standard InChI is InChI=1S/C22H25N5O/c1-16-6-5-8-18(17(16)2)25-22-23-11-10-21(26-22)24-19-7-3-4-9-20(19)27-12-14-28-15-13-27/h3-11H,12-15H2,1-2H3,(H2,23,24,25,26). The van der Waals surface area contributed by atoms with Gasteiger partial charge in [0.05, 0.1) is 24.6 Å². The van der Waals surface area contributed by atoms with E-state index in [1.54, 1.807) is 6.20 Å². The summed E-state index contributed by atoms with van der Waals surface area (Å²) in [6.45, 7) is 7.49. The maximum absolute atomic E-state index is 5.48. The van der Waals surface area contributed by atoms with Crippen molar-refractivity contribution >= 4 is 28.8 Å². The van der Waals surface area contributed by atoms with Crippen molar-refractivity contribution < 1.29 is 4.74 Å².